The molecule has 0 spiro atoms. The van der Waals surface area contributed by atoms with Crippen molar-refractivity contribution in [1.82, 2.24) is 15.2 Å². The third kappa shape index (κ3) is 3.41. The number of benzene rings is 1. The molecule has 1 aromatic heterocycles. The first kappa shape index (κ1) is 12.8. The molecule has 100 valence electrons. The molecule has 1 N–H and O–H groups in total. The number of hydrogen-bond acceptors (Lipinski definition) is 4. The normalized spacial score (nSPS) is 17.3. The maximum atomic E-state index is 4.76. The zero-order chi connectivity index (χ0) is 12.9. The van der Waals surface area contributed by atoms with Crippen LogP contribution in [0.4, 0.5) is 0 Å². The van der Waals surface area contributed by atoms with Crippen LogP contribution in [0.3, 0.4) is 0 Å². The number of nitrogens with zero attached hydrogens (tertiary/aromatic N) is 2. The van der Waals surface area contributed by atoms with E-state index in [0.29, 0.717) is 0 Å². The molecule has 1 fully saturated rings. The average Bonchev–Trinajstić information content (AvgIpc) is 2.76. The van der Waals surface area contributed by atoms with E-state index in [2.05, 4.69) is 39.9 Å². The Balaban J connectivity index is 1.68. The molecule has 0 bridgehead atoms. The summed E-state index contributed by atoms with van der Waals surface area (Å²) in [6, 6.07) is 10.4. The fourth-order valence-electron chi connectivity index (χ4n) is 2.38. The molecule has 3 nitrogen and oxygen atoms in total. The van der Waals surface area contributed by atoms with Gasteiger partial charge in [-0.3, -0.25) is 4.90 Å². The highest BCUT2D eigenvalue weighted by Crippen LogP contribution is 2.23. The fourth-order valence-corrected chi connectivity index (χ4v) is 3.20. The zero-order valence-electron chi connectivity index (χ0n) is 11.0. The zero-order valence-corrected chi connectivity index (χ0v) is 11.8. The summed E-state index contributed by atoms with van der Waals surface area (Å²) >= 11 is 1.74. The summed E-state index contributed by atoms with van der Waals surface area (Å²) in [5, 5.41) is 6.76. The highest BCUT2D eigenvalue weighted by atomic mass is 32.1. The second-order valence-corrected chi connectivity index (χ2v) is 5.75. The van der Waals surface area contributed by atoms with Crippen LogP contribution in [0.1, 0.15) is 12.1 Å². The van der Waals surface area contributed by atoms with E-state index in [-0.39, 0.29) is 0 Å². The maximum Gasteiger partial charge on any atom is 0.123 e. The predicted molar refractivity (Wildman–Crippen MR) is 80.3 cm³/mol. The lowest BCUT2D eigenvalue weighted by atomic mass is 10.2. The molecule has 0 aliphatic carbocycles. The lowest BCUT2D eigenvalue weighted by Crippen LogP contribution is -2.27. The molecule has 0 amide bonds. The first-order chi connectivity index (χ1) is 9.42. The lowest BCUT2D eigenvalue weighted by Gasteiger charge is -2.17. The summed E-state index contributed by atoms with van der Waals surface area (Å²) in [6.07, 6.45) is 1.23. The van der Waals surface area contributed by atoms with Gasteiger partial charge in [0.2, 0.25) is 0 Å². The van der Waals surface area contributed by atoms with E-state index in [1.54, 1.807) is 11.3 Å². The van der Waals surface area contributed by atoms with Crippen LogP contribution < -0.4 is 5.32 Å². The van der Waals surface area contributed by atoms with E-state index in [9.17, 15) is 0 Å². The molecule has 1 aliphatic rings. The van der Waals surface area contributed by atoms with Crippen LogP contribution in [-0.2, 0) is 6.54 Å². The van der Waals surface area contributed by atoms with Gasteiger partial charge in [-0.25, -0.2) is 4.98 Å². The minimum absolute atomic E-state index is 0.977. The summed E-state index contributed by atoms with van der Waals surface area (Å²) in [6.45, 7) is 5.51. The van der Waals surface area contributed by atoms with Crippen molar-refractivity contribution in [2.75, 3.05) is 26.2 Å². The van der Waals surface area contributed by atoms with Crippen LogP contribution >= 0.6 is 11.3 Å². The first-order valence-corrected chi connectivity index (χ1v) is 7.73. The van der Waals surface area contributed by atoms with Crippen molar-refractivity contribution < 1.29 is 0 Å². The van der Waals surface area contributed by atoms with Gasteiger partial charge in [0.15, 0.2) is 0 Å². The van der Waals surface area contributed by atoms with E-state index in [1.807, 2.05) is 6.07 Å². The van der Waals surface area contributed by atoms with Crippen molar-refractivity contribution in [3.05, 3.63) is 41.4 Å². The fraction of sp³-hybridized carbons (Fsp3) is 0.400. The molecule has 2 heterocycles. The Bertz CT molecular complexity index is 501. The first-order valence-electron chi connectivity index (χ1n) is 6.85. The summed E-state index contributed by atoms with van der Waals surface area (Å²) in [7, 11) is 0. The standard InChI is InChI=1S/C15H19N3S/c1-2-5-13(6-3-1)15-17-14(12-19-15)11-18-9-4-7-16-8-10-18/h1-3,5-6,12,16H,4,7-11H2. The summed E-state index contributed by atoms with van der Waals surface area (Å²) in [5.74, 6) is 0. The van der Waals surface area contributed by atoms with Crippen molar-refractivity contribution in [3.63, 3.8) is 0 Å². The smallest absolute Gasteiger partial charge is 0.123 e. The molecular formula is C15H19N3S. The highest BCUT2D eigenvalue weighted by Gasteiger charge is 2.11. The van der Waals surface area contributed by atoms with Gasteiger partial charge >= 0.3 is 0 Å². The van der Waals surface area contributed by atoms with E-state index < -0.39 is 0 Å². The Morgan fingerprint density at radius 1 is 1.16 bits per heavy atom. The largest absolute Gasteiger partial charge is 0.315 e. The molecule has 3 rings (SSSR count). The Morgan fingerprint density at radius 3 is 2.95 bits per heavy atom. The number of hydrogen-bond donors (Lipinski definition) is 1. The van der Waals surface area contributed by atoms with Gasteiger partial charge in [-0.2, -0.15) is 0 Å². The van der Waals surface area contributed by atoms with E-state index in [4.69, 9.17) is 4.98 Å². The predicted octanol–water partition coefficient (Wildman–Crippen LogP) is 2.61. The minimum Gasteiger partial charge on any atom is -0.315 e. The molecule has 0 atom stereocenters. The van der Waals surface area contributed by atoms with Gasteiger partial charge < -0.3 is 5.32 Å². The highest BCUT2D eigenvalue weighted by molar-refractivity contribution is 7.13. The van der Waals surface area contributed by atoms with Crippen LogP contribution in [0.15, 0.2) is 35.7 Å². The second kappa shape index (κ2) is 6.28. The molecule has 4 heteroatoms. The Morgan fingerprint density at radius 2 is 2.05 bits per heavy atom. The number of nitrogens with one attached hydrogen (secondary N) is 1. The van der Waals surface area contributed by atoms with Crippen LogP contribution in [-0.4, -0.2) is 36.1 Å². The maximum absolute atomic E-state index is 4.76. The topological polar surface area (TPSA) is 28.2 Å². The Labute approximate surface area is 118 Å². The molecule has 1 aliphatic heterocycles. The van der Waals surface area contributed by atoms with Gasteiger partial charge in [-0.05, 0) is 19.5 Å². The SMILES string of the molecule is c1ccc(-c2nc(CN3CCCNCC3)cs2)cc1. The third-order valence-corrected chi connectivity index (χ3v) is 4.33. The number of aromatic nitrogens is 1. The molecule has 0 radical (unpaired) electrons. The van der Waals surface area contributed by atoms with E-state index >= 15 is 0 Å². The van der Waals surface area contributed by atoms with Crippen molar-refractivity contribution >= 4 is 11.3 Å². The molecular weight excluding hydrogens is 254 g/mol. The van der Waals surface area contributed by atoms with E-state index in [1.165, 1.54) is 24.2 Å². The van der Waals surface area contributed by atoms with Crippen molar-refractivity contribution in [2.45, 2.75) is 13.0 Å². The Kier molecular flexibility index (Phi) is 4.23. The van der Waals surface area contributed by atoms with Gasteiger partial charge in [-0.15, -0.1) is 11.3 Å². The van der Waals surface area contributed by atoms with Gasteiger partial charge in [0.1, 0.15) is 5.01 Å². The summed E-state index contributed by atoms with van der Waals surface area (Å²) in [4.78, 5) is 7.25. The molecule has 1 aromatic carbocycles. The van der Waals surface area contributed by atoms with E-state index in [0.717, 1.165) is 31.2 Å². The van der Waals surface area contributed by atoms with Gasteiger partial charge in [0, 0.05) is 30.6 Å². The minimum atomic E-state index is 0.977. The lowest BCUT2D eigenvalue weighted by molar-refractivity contribution is 0.281. The molecule has 2 aromatic rings. The van der Waals surface area contributed by atoms with Crippen molar-refractivity contribution in [3.8, 4) is 10.6 Å². The van der Waals surface area contributed by atoms with Gasteiger partial charge in [0.25, 0.3) is 0 Å². The number of thiazole rings is 1. The third-order valence-electron chi connectivity index (χ3n) is 3.39. The molecule has 0 unspecified atom stereocenters. The van der Waals surface area contributed by atoms with Crippen molar-refractivity contribution in [1.29, 1.82) is 0 Å². The quantitative estimate of drug-likeness (QED) is 0.931. The summed E-state index contributed by atoms with van der Waals surface area (Å²) in [5.41, 5.74) is 2.42. The van der Waals surface area contributed by atoms with Gasteiger partial charge in [0.05, 0.1) is 5.69 Å². The van der Waals surface area contributed by atoms with Gasteiger partial charge in [-0.1, -0.05) is 30.3 Å². The molecule has 1 saturated heterocycles. The van der Waals surface area contributed by atoms with Crippen LogP contribution in [0, 0.1) is 0 Å². The summed E-state index contributed by atoms with van der Waals surface area (Å²) < 4.78 is 0. The van der Waals surface area contributed by atoms with Crippen LogP contribution in [0.5, 0.6) is 0 Å². The van der Waals surface area contributed by atoms with Crippen LogP contribution in [0.2, 0.25) is 0 Å². The monoisotopic (exact) mass is 273 g/mol. The average molecular weight is 273 g/mol. The van der Waals surface area contributed by atoms with Crippen LogP contribution in [0.25, 0.3) is 10.6 Å². The number of rotatable bonds is 3. The molecule has 0 saturated carbocycles. The Hall–Kier alpha value is -1.23. The molecule has 19 heavy (non-hydrogen) atoms. The second-order valence-electron chi connectivity index (χ2n) is 4.89. The van der Waals surface area contributed by atoms with Crippen molar-refractivity contribution in [2.24, 2.45) is 0 Å².